The molecule has 7 heteroatoms. The third kappa shape index (κ3) is 2.48. The molecule has 0 bridgehead atoms. The average molecular weight is 278 g/mol. The standard InChI is InChI=1S/C13H15FN4O2/c1-8(9-2-4-10(14)5-3-9)17-12(15)7-6-11(13(17)16)18(19)20/h2-8,12H,15-16H2,1H3. The van der Waals surface area contributed by atoms with Crippen molar-refractivity contribution < 1.29 is 9.31 Å². The van der Waals surface area contributed by atoms with Gasteiger partial charge in [-0.3, -0.25) is 10.1 Å². The quantitative estimate of drug-likeness (QED) is 0.644. The normalized spacial score (nSPS) is 20.1. The van der Waals surface area contributed by atoms with Gasteiger partial charge in [0.15, 0.2) is 5.82 Å². The van der Waals surface area contributed by atoms with Crippen molar-refractivity contribution in [3.8, 4) is 0 Å². The summed E-state index contributed by atoms with van der Waals surface area (Å²) < 4.78 is 12.9. The first kappa shape index (κ1) is 14.0. The molecule has 2 rings (SSSR count). The summed E-state index contributed by atoms with van der Waals surface area (Å²) in [6, 6.07) is 5.54. The Balaban J connectivity index is 2.37. The summed E-state index contributed by atoms with van der Waals surface area (Å²) in [5, 5.41) is 10.9. The first-order chi connectivity index (χ1) is 9.41. The van der Waals surface area contributed by atoms with E-state index in [1.165, 1.54) is 29.2 Å². The molecular weight excluding hydrogens is 263 g/mol. The van der Waals surface area contributed by atoms with E-state index in [2.05, 4.69) is 0 Å². The lowest BCUT2D eigenvalue weighted by Crippen LogP contribution is -2.46. The number of allylic oxidation sites excluding steroid dienone is 1. The van der Waals surface area contributed by atoms with Crippen LogP contribution in [0.1, 0.15) is 18.5 Å². The first-order valence-electron chi connectivity index (χ1n) is 6.03. The van der Waals surface area contributed by atoms with E-state index < -0.39 is 11.1 Å². The highest BCUT2D eigenvalue weighted by atomic mass is 19.1. The summed E-state index contributed by atoms with van der Waals surface area (Å²) in [4.78, 5) is 11.9. The van der Waals surface area contributed by atoms with Crippen LogP contribution < -0.4 is 11.5 Å². The molecule has 1 aliphatic rings. The lowest BCUT2D eigenvalue weighted by atomic mass is 10.0. The molecule has 0 saturated heterocycles. The van der Waals surface area contributed by atoms with Crippen molar-refractivity contribution in [2.45, 2.75) is 19.1 Å². The Morgan fingerprint density at radius 1 is 1.40 bits per heavy atom. The van der Waals surface area contributed by atoms with Gasteiger partial charge in [-0.1, -0.05) is 12.1 Å². The van der Waals surface area contributed by atoms with E-state index in [1.54, 1.807) is 19.1 Å². The van der Waals surface area contributed by atoms with Gasteiger partial charge < -0.3 is 16.4 Å². The molecule has 1 heterocycles. The number of hydrogen-bond acceptors (Lipinski definition) is 5. The van der Waals surface area contributed by atoms with E-state index in [0.717, 1.165) is 5.56 Å². The van der Waals surface area contributed by atoms with E-state index in [0.29, 0.717) is 0 Å². The van der Waals surface area contributed by atoms with Gasteiger partial charge in [0.1, 0.15) is 5.82 Å². The van der Waals surface area contributed by atoms with E-state index in [9.17, 15) is 14.5 Å². The monoisotopic (exact) mass is 278 g/mol. The van der Waals surface area contributed by atoms with Crippen molar-refractivity contribution in [3.63, 3.8) is 0 Å². The summed E-state index contributed by atoms with van der Waals surface area (Å²) in [6.45, 7) is 1.80. The minimum atomic E-state index is -0.571. The number of halogens is 1. The Morgan fingerprint density at radius 3 is 2.55 bits per heavy atom. The fourth-order valence-corrected chi connectivity index (χ4v) is 2.18. The Bertz CT molecular complexity index is 583. The highest BCUT2D eigenvalue weighted by molar-refractivity contribution is 5.28. The molecule has 0 aliphatic carbocycles. The van der Waals surface area contributed by atoms with Crippen LogP contribution in [0.5, 0.6) is 0 Å². The number of hydrogen-bond donors (Lipinski definition) is 2. The molecule has 0 amide bonds. The lowest BCUT2D eigenvalue weighted by molar-refractivity contribution is -0.422. The Kier molecular flexibility index (Phi) is 3.71. The van der Waals surface area contributed by atoms with Crippen LogP contribution in [0.25, 0.3) is 0 Å². The van der Waals surface area contributed by atoms with Gasteiger partial charge in [-0.25, -0.2) is 4.39 Å². The molecular formula is C13H15FN4O2. The maximum absolute atomic E-state index is 12.9. The summed E-state index contributed by atoms with van der Waals surface area (Å²) in [6.07, 6.45) is 2.24. The average Bonchev–Trinajstić information content (AvgIpc) is 2.38. The molecule has 4 N–H and O–H groups in total. The van der Waals surface area contributed by atoms with Crippen LogP contribution >= 0.6 is 0 Å². The van der Waals surface area contributed by atoms with Gasteiger partial charge in [0, 0.05) is 6.08 Å². The molecule has 6 nitrogen and oxygen atoms in total. The molecule has 2 atom stereocenters. The smallest absolute Gasteiger partial charge is 0.308 e. The second-order valence-electron chi connectivity index (χ2n) is 4.51. The topological polar surface area (TPSA) is 98.4 Å². The van der Waals surface area contributed by atoms with Crippen molar-refractivity contribution in [1.29, 1.82) is 0 Å². The predicted octanol–water partition coefficient (Wildman–Crippen LogP) is 1.45. The second-order valence-corrected chi connectivity index (χ2v) is 4.51. The summed E-state index contributed by atoms with van der Waals surface area (Å²) in [5.74, 6) is -0.347. The van der Waals surface area contributed by atoms with Crippen LogP contribution in [-0.4, -0.2) is 16.0 Å². The molecule has 0 spiro atoms. The third-order valence-electron chi connectivity index (χ3n) is 3.28. The molecule has 1 aromatic rings. The summed E-state index contributed by atoms with van der Waals surface area (Å²) in [7, 11) is 0. The van der Waals surface area contributed by atoms with Crippen LogP contribution in [0.4, 0.5) is 4.39 Å². The van der Waals surface area contributed by atoms with Crippen molar-refractivity contribution in [3.05, 3.63) is 69.4 Å². The molecule has 0 aromatic heterocycles. The van der Waals surface area contributed by atoms with Crippen LogP contribution in [0.15, 0.2) is 47.9 Å². The van der Waals surface area contributed by atoms with Gasteiger partial charge in [-0.2, -0.15) is 0 Å². The molecule has 20 heavy (non-hydrogen) atoms. The van der Waals surface area contributed by atoms with Crippen molar-refractivity contribution in [2.24, 2.45) is 11.5 Å². The minimum Gasteiger partial charge on any atom is -0.380 e. The Morgan fingerprint density at radius 2 is 2.00 bits per heavy atom. The highest BCUT2D eigenvalue weighted by Gasteiger charge is 2.30. The van der Waals surface area contributed by atoms with Gasteiger partial charge in [0.2, 0.25) is 0 Å². The Hall–Kier alpha value is -2.41. The molecule has 106 valence electrons. The number of rotatable bonds is 3. The summed E-state index contributed by atoms with van der Waals surface area (Å²) in [5.41, 5.74) is 12.3. The van der Waals surface area contributed by atoms with Gasteiger partial charge in [-0.15, -0.1) is 0 Å². The zero-order chi connectivity index (χ0) is 14.9. The highest BCUT2D eigenvalue weighted by Crippen LogP contribution is 2.28. The SMILES string of the molecule is CC(c1ccc(F)cc1)N1C(N)=C([N+](=O)[O-])C=CC1N. The second kappa shape index (κ2) is 5.30. The van der Waals surface area contributed by atoms with E-state index in [4.69, 9.17) is 11.5 Å². The molecule has 1 aliphatic heterocycles. The number of nitrogens with zero attached hydrogens (tertiary/aromatic N) is 2. The van der Waals surface area contributed by atoms with Crippen molar-refractivity contribution in [2.75, 3.05) is 0 Å². The zero-order valence-electron chi connectivity index (χ0n) is 10.9. The van der Waals surface area contributed by atoms with Crippen LogP contribution in [0.2, 0.25) is 0 Å². The van der Waals surface area contributed by atoms with Gasteiger partial charge in [0.05, 0.1) is 17.1 Å². The van der Waals surface area contributed by atoms with Crippen LogP contribution in [0.3, 0.4) is 0 Å². The zero-order valence-corrected chi connectivity index (χ0v) is 10.9. The minimum absolute atomic E-state index is 0.00169. The molecule has 0 fully saturated rings. The van der Waals surface area contributed by atoms with Crippen LogP contribution in [-0.2, 0) is 0 Å². The molecule has 2 unspecified atom stereocenters. The number of benzene rings is 1. The lowest BCUT2D eigenvalue weighted by Gasteiger charge is -2.36. The molecule has 0 radical (unpaired) electrons. The first-order valence-corrected chi connectivity index (χ1v) is 6.03. The molecule has 0 saturated carbocycles. The number of nitro groups is 1. The van der Waals surface area contributed by atoms with E-state index in [-0.39, 0.29) is 23.4 Å². The maximum Gasteiger partial charge on any atom is 0.308 e. The third-order valence-corrected chi connectivity index (χ3v) is 3.28. The number of nitrogens with two attached hydrogens (primary N) is 2. The summed E-state index contributed by atoms with van der Waals surface area (Å²) >= 11 is 0. The van der Waals surface area contributed by atoms with Gasteiger partial charge >= 0.3 is 5.70 Å². The van der Waals surface area contributed by atoms with Crippen molar-refractivity contribution in [1.82, 2.24) is 4.90 Å². The fourth-order valence-electron chi connectivity index (χ4n) is 2.18. The Labute approximate surface area is 115 Å². The maximum atomic E-state index is 12.9. The molecule has 1 aromatic carbocycles. The predicted molar refractivity (Wildman–Crippen MR) is 72.0 cm³/mol. The largest absolute Gasteiger partial charge is 0.380 e. The van der Waals surface area contributed by atoms with Crippen LogP contribution in [0, 0.1) is 15.9 Å². The van der Waals surface area contributed by atoms with Gasteiger partial charge in [0.25, 0.3) is 0 Å². The van der Waals surface area contributed by atoms with E-state index in [1.807, 2.05) is 0 Å². The van der Waals surface area contributed by atoms with E-state index >= 15 is 0 Å². The van der Waals surface area contributed by atoms with Crippen molar-refractivity contribution >= 4 is 0 Å². The fraction of sp³-hybridized carbons (Fsp3) is 0.231. The van der Waals surface area contributed by atoms with Gasteiger partial charge in [-0.05, 0) is 30.7 Å².